The van der Waals surface area contributed by atoms with Gasteiger partial charge in [0.15, 0.2) is 17.5 Å². The molecule has 7 aromatic heterocycles. The lowest BCUT2D eigenvalue weighted by Crippen LogP contribution is -2.00. The summed E-state index contributed by atoms with van der Waals surface area (Å²) >= 11 is 0. The number of hydrogen-bond donors (Lipinski definition) is 0. The first-order chi connectivity index (χ1) is 50.5. The highest BCUT2D eigenvalue weighted by molar-refractivity contribution is 6.22. The maximum Gasteiger partial charge on any atom is 0.164 e. The van der Waals surface area contributed by atoms with Crippen LogP contribution in [0.2, 0.25) is 0 Å². The molecule has 7 heterocycles. The molecule has 0 unspecified atom stereocenters. The standard InChI is InChI=1S/C46H29N7.C43H26N6/c1-4-13-31(14-5-1)44-48-45(32-15-6-2-7-16-32)50-46(49-44)33-25-23-30(24-26-33)34-17-12-18-35(29-34)42-38-27-28-40-43(41(38)37-21-10-11-22-39(37)47-42)52-53(51-40)36-19-8-3-9-20-36;1-3-9-27(10-4-1)35-24-21-30-19-20-31-22-25-36(45-42(31)41(30)44-35)28-15-17-29(18-16-28)40-34-23-26-38-43(39(34)33-13-7-8-14-37(33)46-40)48-49(47-38)32-11-5-2-6-12-32/h1-29H;1-26H. The summed E-state index contributed by atoms with van der Waals surface area (Å²) in [5.74, 6) is 1.91. The number of fused-ring (bicyclic) bond motifs is 13. The molecule has 0 aliphatic rings. The first kappa shape index (κ1) is 59.1. The van der Waals surface area contributed by atoms with Crippen molar-refractivity contribution in [2.24, 2.45) is 0 Å². The summed E-state index contributed by atoms with van der Waals surface area (Å²) in [6.07, 6.45) is 0. The zero-order chi connectivity index (χ0) is 67.5. The minimum absolute atomic E-state index is 0.625. The van der Waals surface area contributed by atoms with E-state index in [1.165, 1.54) is 0 Å². The van der Waals surface area contributed by atoms with Gasteiger partial charge in [0, 0.05) is 82.0 Å². The number of rotatable bonds is 10. The minimum atomic E-state index is 0.625. The van der Waals surface area contributed by atoms with Gasteiger partial charge in [0.25, 0.3) is 0 Å². The molecule has 20 aromatic rings. The van der Waals surface area contributed by atoms with Gasteiger partial charge in [-0.1, -0.05) is 255 Å². The van der Waals surface area contributed by atoms with Gasteiger partial charge in [-0.25, -0.2) is 34.9 Å². The second-order valence-corrected chi connectivity index (χ2v) is 25.1. The van der Waals surface area contributed by atoms with Crippen molar-refractivity contribution in [1.29, 1.82) is 0 Å². The van der Waals surface area contributed by atoms with E-state index < -0.39 is 0 Å². The lowest BCUT2D eigenvalue weighted by atomic mass is 9.96. The highest BCUT2D eigenvalue weighted by Crippen LogP contribution is 2.40. The Kier molecular flexibility index (Phi) is 14.5. The molecule has 102 heavy (non-hydrogen) atoms. The highest BCUT2D eigenvalue weighted by Gasteiger charge is 2.21. The van der Waals surface area contributed by atoms with E-state index in [-0.39, 0.29) is 0 Å². The van der Waals surface area contributed by atoms with E-state index in [1.54, 1.807) is 9.59 Å². The topological polar surface area (TPSA) is 152 Å². The van der Waals surface area contributed by atoms with E-state index in [0.29, 0.717) is 17.5 Å². The van der Waals surface area contributed by atoms with E-state index >= 15 is 0 Å². The smallest absolute Gasteiger partial charge is 0.164 e. The fourth-order valence-electron chi connectivity index (χ4n) is 13.7. The Morgan fingerprint density at radius 2 is 0.559 bits per heavy atom. The summed E-state index contributed by atoms with van der Waals surface area (Å²) in [5, 5.41) is 28.0. The molecule has 13 heteroatoms. The molecule has 0 atom stereocenters. The molecule has 0 bridgehead atoms. The number of nitrogens with zero attached hydrogens (tertiary/aromatic N) is 13. The van der Waals surface area contributed by atoms with Crippen LogP contribution in [-0.4, -0.2) is 64.9 Å². The lowest BCUT2D eigenvalue weighted by Gasteiger charge is -2.12. The van der Waals surface area contributed by atoms with E-state index in [1.807, 2.05) is 164 Å². The van der Waals surface area contributed by atoms with Crippen LogP contribution >= 0.6 is 0 Å². The van der Waals surface area contributed by atoms with Gasteiger partial charge in [-0.15, -0.1) is 20.4 Å². The van der Waals surface area contributed by atoms with Crippen molar-refractivity contribution in [3.05, 3.63) is 334 Å². The fraction of sp³-hybridized carbons (Fsp3) is 0. The molecule has 0 radical (unpaired) electrons. The number of aromatic nitrogens is 13. The first-order valence-electron chi connectivity index (χ1n) is 33.7. The van der Waals surface area contributed by atoms with Crippen LogP contribution in [0.25, 0.3) is 189 Å². The quantitative estimate of drug-likeness (QED) is 0.120. The van der Waals surface area contributed by atoms with Crippen molar-refractivity contribution in [2.45, 2.75) is 0 Å². The Labute approximate surface area is 584 Å². The van der Waals surface area contributed by atoms with Gasteiger partial charge in [-0.3, -0.25) is 0 Å². The van der Waals surface area contributed by atoms with Gasteiger partial charge in [-0.2, -0.15) is 9.59 Å². The highest BCUT2D eigenvalue weighted by atomic mass is 15.5. The summed E-state index contributed by atoms with van der Waals surface area (Å²) in [6, 6.07) is 113. The number of hydrogen-bond acceptors (Lipinski definition) is 11. The SMILES string of the molecule is c1ccc(-c2ccc3ccc4ccc(-c5ccc(-c6nc7ccccc7c7c6ccc6nn(-c8ccccc8)nc67)cc5)nc4c3n2)cc1.c1ccc(-c2nc(-c3ccccc3)nc(-c3ccc(-c4cccc(-c5nc6ccccc6c6c5ccc5nn(-c7ccccc7)nc56)c4)cc3)n2)cc1. The zero-order valence-corrected chi connectivity index (χ0v) is 54.6. The molecule has 0 aliphatic heterocycles. The predicted molar refractivity (Wildman–Crippen MR) is 411 cm³/mol. The maximum atomic E-state index is 5.22. The normalized spacial score (nSPS) is 11.5. The van der Waals surface area contributed by atoms with Gasteiger partial charge in [0.1, 0.15) is 22.1 Å². The molecule has 0 amide bonds. The second-order valence-electron chi connectivity index (χ2n) is 25.1. The molecule has 0 saturated heterocycles. The summed E-state index contributed by atoms with van der Waals surface area (Å²) in [7, 11) is 0. The Balaban J connectivity index is 0.000000142. The third-order valence-corrected chi connectivity index (χ3v) is 18.8. The van der Waals surface area contributed by atoms with Crippen LogP contribution in [0.15, 0.2) is 334 Å². The molecule has 0 aliphatic carbocycles. The van der Waals surface area contributed by atoms with Crippen molar-refractivity contribution in [3.8, 4) is 102 Å². The molecule has 0 spiro atoms. The third-order valence-electron chi connectivity index (χ3n) is 18.8. The molecule has 20 rings (SSSR count). The molecular formula is C89H55N13. The molecule has 13 aromatic carbocycles. The Morgan fingerprint density at radius 3 is 1.05 bits per heavy atom. The lowest BCUT2D eigenvalue weighted by molar-refractivity contribution is 0.766. The Hall–Kier alpha value is -14.2. The van der Waals surface area contributed by atoms with Crippen molar-refractivity contribution in [1.82, 2.24) is 64.9 Å². The third kappa shape index (κ3) is 10.8. The molecule has 0 N–H and O–H groups in total. The van der Waals surface area contributed by atoms with Gasteiger partial charge in [0.2, 0.25) is 0 Å². The van der Waals surface area contributed by atoms with Crippen LogP contribution < -0.4 is 0 Å². The molecular weight excluding hydrogens is 1250 g/mol. The van der Waals surface area contributed by atoms with E-state index in [9.17, 15) is 0 Å². The second kappa shape index (κ2) is 25.0. The summed E-state index contributed by atoms with van der Waals surface area (Å²) in [5.41, 5.74) is 21.6. The van der Waals surface area contributed by atoms with Crippen LogP contribution in [0.1, 0.15) is 0 Å². The van der Waals surface area contributed by atoms with E-state index in [2.05, 4.69) is 170 Å². The predicted octanol–water partition coefficient (Wildman–Crippen LogP) is 20.9. The van der Waals surface area contributed by atoms with Crippen LogP contribution in [0, 0.1) is 0 Å². The summed E-state index contributed by atoms with van der Waals surface area (Å²) < 4.78 is 0. The van der Waals surface area contributed by atoms with E-state index in [4.69, 9.17) is 55.3 Å². The number of benzene rings is 13. The zero-order valence-electron chi connectivity index (χ0n) is 54.6. The van der Waals surface area contributed by atoms with Crippen LogP contribution in [-0.2, 0) is 0 Å². The molecule has 476 valence electrons. The number of pyridine rings is 4. The van der Waals surface area contributed by atoms with Crippen LogP contribution in [0.5, 0.6) is 0 Å². The monoisotopic (exact) mass is 1310 g/mol. The van der Waals surface area contributed by atoms with Crippen LogP contribution in [0.3, 0.4) is 0 Å². The first-order valence-corrected chi connectivity index (χ1v) is 33.7. The Morgan fingerprint density at radius 1 is 0.196 bits per heavy atom. The van der Waals surface area contributed by atoms with Crippen molar-refractivity contribution in [2.75, 3.05) is 0 Å². The Bertz CT molecular complexity index is 6530. The van der Waals surface area contributed by atoms with Gasteiger partial charge >= 0.3 is 0 Å². The summed E-state index contributed by atoms with van der Waals surface area (Å²) in [4.78, 5) is 38.7. The maximum absolute atomic E-state index is 5.22. The number of para-hydroxylation sites is 4. The molecule has 0 saturated carbocycles. The fourth-order valence-corrected chi connectivity index (χ4v) is 13.7. The van der Waals surface area contributed by atoms with Crippen LogP contribution in [0.4, 0.5) is 0 Å². The average molecular weight is 1310 g/mol. The van der Waals surface area contributed by atoms with Gasteiger partial charge < -0.3 is 0 Å². The average Bonchev–Trinajstić information content (AvgIpc) is 1.43. The van der Waals surface area contributed by atoms with E-state index in [0.717, 1.165) is 171 Å². The minimum Gasteiger partial charge on any atom is -0.247 e. The van der Waals surface area contributed by atoms with Gasteiger partial charge in [0.05, 0.1) is 56.2 Å². The van der Waals surface area contributed by atoms with Crippen molar-refractivity contribution < 1.29 is 0 Å². The van der Waals surface area contributed by atoms with Gasteiger partial charge in [-0.05, 0) is 90.0 Å². The largest absolute Gasteiger partial charge is 0.247 e. The molecule has 13 nitrogen and oxygen atoms in total. The molecule has 0 fully saturated rings. The summed E-state index contributed by atoms with van der Waals surface area (Å²) in [6.45, 7) is 0. The van der Waals surface area contributed by atoms with Crippen molar-refractivity contribution in [3.63, 3.8) is 0 Å². The van der Waals surface area contributed by atoms with Crippen molar-refractivity contribution >= 4 is 87.2 Å².